The minimum Gasteiger partial charge on any atom is -0.375 e. The molecule has 2 saturated carbocycles. The molecule has 7 nitrogen and oxygen atoms in total. The van der Waals surface area contributed by atoms with Gasteiger partial charge in [-0.3, -0.25) is 14.5 Å². The van der Waals surface area contributed by atoms with Gasteiger partial charge >= 0.3 is 0 Å². The molecule has 0 aromatic rings. The van der Waals surface area contributed by atoms with E-state index in [1.807, 2.05) is 0 Å². The highest BCUT2D eigenvalue weighted by atomic mass is 16.5. The molecule has 2 aliphatic carbocycles. The molecule has 7 heteroatoms. The third kappa shape index (κ3) is 6.90. The van der Waals surface area contributed by atoms with Crippen molar-refractivity contribution in [3.8, 4) is 0 Å². The Morgan fingerprint density at radius 1 is 1.06 bits per heavy atom. The molecule has 3 fully saturated rings. The summed E-state index contributed by atoms with van der Waals surface area (Å²) in [6.45, 7) is 7.74. The molecule has 3 N–H and O–H groups in total. The quantitative estimate of drug-likeness (QED) is 0.547. The zero-order valence-corrected chi connectivity index (χ0v) is 19.9. The van der Waals surface area contributed by atoms with E-state index in [0.29, 0.717) is 42.9 Å². The first-order valence-electron chi connectivity index (χ1n) is 12.4. The lowest BCUT2D eigenvalue weighted by Gasteiger charge is -2.43. The normalized spacial score (nSPS) is 29.4. The summed E-state index contributed by atoms with van der Waals surface area (Å²) >= 11 is 0. The number of amides is 2. The first-order valence-corrected chi connectivity index (χ1v) is 12.4. The number of nitrogens with zero attached hydrogens (tertiary/aromatic N) is 2. The first kappa shape index (κ1) is 24.5. The second kappa shape index (κ2) is 11.6. The van der Waals surface area contributed by atoms with Crippen molar-refractivity contribution in [1.29, 1.82) is 0 Å². The van der Waals surface area contributed by atoms with Gasteiger partial charge in [0.25, 0.3) is 0 Å². The topological polar surface area (TPSA) is 87.9 Å². The highest BCUT2D eigenvalue weighted by Crippen LogP contribution is 2.34. The van der Waals surface area contributed by atoms with Crippen molar-refractivity contribution in [1.82, 2.24) is 15.1 Å². The van der Waals surface area contributed by atoms with Crippen LogP contribution in [-0.4, -0.2) is 79.6 Å². The standard InChI is InChI=1S/C24H44N4O3/c1-17(2)15-28(20-8-9-20)21-10-11-27(23(29)16-31-3)22(12-21)24(30)26-14-19-6-4-18(13-25)5-7-19/h17-22H,4-16,25H2,1-3H3,(H,26,30)/t18?,19?,21?,22-/m1/s1. The van der Waals surface area contributed by atoms with Gasteiger partial charge in [0.15, 0.2) is 0 Å². The number of ether oxygens (including phenoxy) is 1. The summed E-state index contributed by atoms with van der Waals surface area (Å²) in [5, 5.41) is 3.20. The Morgan fingerprint density at radius 3 is 2.32 bits per heavy atom. The SMILES string of the molecule is COCC(=O)N1CCC(N(CC(C)C)C2CC2)C[C@@H]1C(=O)NCC1CCC(CN)CC1. The smallest absolute Gasteiger partial charge is 0.249 e. The van der Waals surface area contributed by atoms with Gasteiger partial charge in [-0.2, -0.15) is 0 Å². The third-order valence-corrected chi connectivity index (χ3v) is 7.39. The van der Waals surface area contributed by atoms with E-state index in [-0.39, 0.29) is 18.4 Å². The molecule has 0 bridgehead atoms. The number of piperidine rings is 1. The molecule has 0 aromatic heterocycles. The minimum atomic E-state index is -0.393. The van der Waals surface area contributed by atoms with Crippen LogP contribution in [0.5, 0.6) is 0 Å². The molecule has 1 saturated heterocycles. The maximum absolute atomic E-state index is 13.3. The van der Waals surface area contributed by atoms with Gasteiger partial charge in [0.1, 0.15) is 12.6 Å². The number of carbonyl (C=O) groups is 2. The van der Waals surface area contributed by atoms with Gasteiger partial charge in [-0.05, 0) is 75.7 Å². The molecule has 3 aliphatic rings. The third-order valence-electron chi connectivity index (χ3n) is 7.39. The van der Waals surface area contributed by atoms with Gasteiger partial charge in [-0.25, -0.2) is 0 Å². The summed E-state index contributed by atoms with van der Waals surface area (Å²) in [6.07, 6.45) is 8.77. The Morgan fingerprint density at radius 2 is 1.74 bits per heavy atom. The molecule has 1 unspecified atom stereocenters. The second-order valence-electron chi connectivity index (χ2n) is 10.4. The van der Waals surface area contributed by atoms with Gasteiger partial charge in [0.2, 0.25) is 11.8 Å². The zero-order chi connectivity index (χ0) is 22.4. The summed E-state index contributed by atoms with van der Waals surface area (Å²) in [6, 6.07) is 0.641. The Kier molecular flexibility index (Phi) is 9.17. The van der Waals surface area contributed by atoms with Crippen LogP contribution in [-0.2, 0) is 14.3 Å². The lowest BCUT2D eigenvalue weighted by atomic mass is 9.82. The van der Waals surface area contributed by atoms with Crippen LogP contribution in [0.25, 0.3) is 0 Å². The van der Waals surface area contributed by atoms with E-state index in [9.17, 15) is 9.59 Å². The van der Waals surface area contributed by atoms with Crippen molar-refractivity contribution in [2.75, 3.05) is 39.9 Å². The van der Waals surface area contributed by atoms with Crippen molar-refractivity contribution < 1.29 is 14.3 Å². The largest absolute Gasteiger partial charge is 0.375 e. The van der Waals surface area contributed by atoms with Crippen LogP contribution < -0.4 is 11.1 Å². The maximum atomic E-state index is 13.3. The predicted octanol–water partition coefficient (Wildman–Crippen LogP) is 1.99. The first-order chi connectivity index (χ1) is 14.9. The summed E-state index contributed by atoms with van der Waals surface area (Å²) in [7, 11) is 1.54. The molecule has 0 aromatic carbocycles. The summed E-state index contributed by atoms with van der Waals surface area (Å²) in [5.74, 6) is 1.70. The number of hydrogen-bond donors (Lipinski definition) is 2. The number of nitrogens with two attached hydrogens (primary N) is 1. The predicted molar refractivity (Wildman–Crippen MR) is 122 cm³/mol. The van der Waals surface area contributed by atoms with E-state index in [1.165, 1.54) is 20.0 Å². The van der Waals surface area contributed by atoms with E-state index in [4.69, 9.17) is 10.5 Å². The van der Waals surface area contributed by atoms with Crippen LogP contribution in [0.3, 0.4) is 0 Å². The van der Waals surface area contributed by atoms with Crippen LogP contribution in [0.15, 0.2) is 0 Å². The molecule has 3 rings (SSSR count). The van der Waals surface area contributed by atoms with Crippen molar-refractivity contribution >= 4 is 11.8 Å². The summed E-state index contributed by atoms with van der Waals surface area (Å²) in [5.41, 5.74) is 5.81. The lowest BCUT2D eigenvalue weighted by Crippen LogP contribution is -2.58. The van der Waals surface area contributed by atoms with Crippen LogP contribution >= 0.6 is 0 Å². The maximum Gasteiger partial charge on any atom is 0.249 e. The van der Waals surface area contributed by atoms with Crippen molar-refractivity contribution in [3.05, 3.63) is 0 Å². The number of carbonyl (C=O) groups excluding carboxylic acids is 2. The van der Waals surface area contributed by atoms with Crippen molar-refractivity contribution in [2.24, 2.45) is 23.5 Å². The molecular formula is C24H44N4O3. The molecule has 1 aliphatic heterocycles. The summed E-state index contributed by atoms with van der Waals surface area (Å²) in [4.78, 5) is 30.3. The van der Waals surface area contributed by atoms with E-state index in [1.54, 1.807) is 4.90 Å². The average Bonchev–Trinajstić information content (AvgIpc) is 3.61. The lowest BCUT2D eigenvalue weighted by molar-refractivity contribution is -0.146. The Labute approximate surface area is 188 Å². The van der Waals surface area contributed by atoms with Crippen LogP contribution in [0.1, 0.15) is 65.2 Å². The number of likely N-dealkylation sites (tertiary alicyclic amines) is 1. The van der Waals surface area contributed by atoms with E-state index in [0.717, 1.165) is 51.6 Å². The van der Waals surface area contributed by atoms with E-state index in [2.05, 4.69) is 24.1 Å². The molecule has 0 radical (unpaired) electrons. The van der Waals surface area contributed by atoms with Gasteiger partial charge < -0.3 is 20.7 Å². The molecule has 31 heavy (non-hydrogen) atoms. The fourth-order valence-corrected chi connectivity index (χ4v) is 5.46. The van der Waals surface area contributed by atoms with Crippen molar-refractivity contribution in [3.63, 3.8) is 0 Å². The fourth-order valence-electron chi connectivity index (χ4n) is 5.46. The van der Waals surface area contributed by atoms with Crippen LogP contribution in [0.4, 0.5) is 0 Å². The van der Waals surface area contributed by atoms with Gasteiger partial charge in [-0.15, -0.1) is 0 Å². The molecule has 1 heterocycles. The Hall–Kier alpha value is -1.18. The molecule has 0 spiro atoms. The van der Waals surface area contributed by atoms with Crippen LogP contribution in [0, 0.1) is 17.8 Å². The van der Waals surface area contributed by atoms with Crippen LogP contribution in [0.2, 0.25) is 0 Å². The highest BCUT2D eigenvalue weighted by Gasteiger charge is 2.42. The number of methoxy groups -OCH3 is 1. The molecular weight excluding hydrogens is 392 g/mol. The van der Waals surface area contributed by atoms with E-state index < -0.39 is 6.04 Å². The Bertz CT molecular complexity index is 587. The number of hydrogen-bond acceptors (Lipinski definition) is 5. The Balaban J connectivity index is 1.61. The monoisotopic (exact) mass is 436 g/mol. The van der Waals surface area contributed by atoms with E-state index >= 15 is 0 Å². The molecule has 178 valence electrons. The van der Waals surface area contributed by atoms with Crippen molar-refractivity contribution in [2.45, 2.75) is 83.3 Å². The molecule has 2 amide bonds. The summed E-state index contributed by atoms with van der Waals surface area (Å²) < 4.78 is 5.09. The zero-order valence-electron chi connectivity index (χ0n) is 19.9. The molecule has 2 atom stereocenters. The number of nitrogens with one attached hydrogen (secondary N) is 1. The number of rotatable bonds is 10. The second-order valence-corrected chi connectivity index (χ2v) is 10.4. The highest BCUT2D eigenvalue weighted by molar-refractivity contribution is 5.88. The average molecular weight is 437 g/mol. The van der Waals surface area contributed by atoms with Gasteiger partial charge in [0, 0.05) is 38.8 Å². The minimum absolute atomic E-state index is 0.00963. The van der Waals surface area contributed by atoms with Gasteiger partial charge in [0.05, 0.1) is 0 Å². The fraction of sp³-hybridized carbons (Fsp3) is 0.917. The van der Waals surface area contributed by atoms with Gasteiger partial charge in [-0.1, -0.05) is 13.8 Å².